The average molecular weight is 275 g/mol. The number of nitriles is 1. The first kappa shape index (κ1) is 15.3. The Hall–Kier alpha value is -2.74. The molecule has 102 valence electrons. The third kappa shape index (κ3) is 3.89. The van der Waals surface area contributed by atoms with E-state index in [0.717, 1.165) is 19.1 Å². The van der Waals surface area contributed by atoms with Gasteiger partial charge in [-0.05, 0) is 17.7 Å². The van der Waals surface area contributed by atoms with Crippen molar-refractivity contribution in [3.8, 4) is 6.07 Å². The normalized spacial score (nSPS) is 10.6. The van der Waals surface area contributed by atoms with Crippen LogP contribution in [0.1, 0.15) is 18.1 Å². The molecule has 5 heteroatoms. The van der Waals surface area contributed by atoms with Crippen molar-refractivity contribution in [2.45, 2.75) is 6.92 Å². The van der Waals surface area contributed by atoms with E-state index in [1.807, 2.05) is 0 Å². The molecule has 0 fully saturated rings. The van der Waals surface area contributed by atoms with Gasteiger partial charge in [-0.25, -0.2) is 8.78 Å². The molecule has 20 heavy (non-hydrogen) atoms. The highest BCUT2D eigenvalue weighted by Gasteiger charge is 2.10. The number of carbonyl (C=O) groups excluding carboxylic acids is 1. The molecule has 0 aliphatic rings. The van der Waals surface area contributed by atoms with E-state index < -0.39 is 17.6 Å². The molecular formula is C15H11F2NO2. The fourth-order valence-corrected chi connectivity index (χ4v) is 1.37. The number of nitrogens with zero attached hydrogens (tertiary/aromatic N) is 1. The van der Waals surface area contributed by atoms with Crippen LogP contribution in [-0.2, 0) is 9.53 Å². The lowest BCUT2D eigenvalue weighted by Crippen LogP contribution is -1.96. The lowest BCUT2D eigenvalue weighted by Gasteiger charge is -2.05. The molecule has 3 nitrogen and oxygen atoms in total. The average Bonchev–Trinajstić information content (AvgIpc) is 2.36. The lowest BCUT2D eigenvalue weighted by atomic mass is 10.0. The first-order chi connectivity index (χ1) is 9.35. The van der Waals surface area contributed by atoms with E-state index in [0.29, 0.717) is 0 Å². The van der Waals surface area contributed by atoms with E-state index in [1.54, 1.807) is 6.07 Å². The Balaban J connectivity index is 2.98. The maximum atomic E-state index is 13.8. The van der Waals surface area contributed by atoms with Gasteiger partial charge in [0.15, 0.2) is 0 Å². The highest BCUT2D eigenvalue weighted by atomic mass is 19.1. The van der Waals surface area contributed by atoms with Gasteiger partial charge in [-0.1, -0.05) is 19.2 Å². The highest BCUT2D eigenvalue weighted by Crippen LogP contribution is 2.25. The van der Waals surface area contributed by atoms with Gasteiger partial charge in [-0.15, -0.1) is 0 Å². The molecule has 0 saturated heterocycles. The zero-order valence-electron chi connectivity index (χ0n) is 10.7. The molecule has 0 radical (unpaired) electrons. The fourth-order valence-electron chi connectivity index (χ4n) is 1.37. The number of benzene rings is 1. The zero-order chi connectivity index (χ0) is 15.3. The van der Waals surface area contributed by atoms with Crippen molar-refractivity contribution in [2.24, 2.45) is 0 Å². The monoisotopic (exact) mass is 275 g/mol. The molecule has 1 aromatic rings. The van der Waals surface area contributed by atoms with Crippen molar-refractivity contribution in [2.75, 3.05) is 0 Å². The van der Waals surface area contributed by atoms with Crippen molar-refractivity contribution in [3.05, 3.63) is 66.0 Å². The van der Waals surface area contributed by atoms with E-state index >= 15 is 0 Å². The Morgan fingerprint density at radius 1 is 1.45 bits per heavy atom. The van der Waals surface area contributed by atoms with E-state index in [9.17, 15) is 13.6 Å². The fraction of sp³-hybridized carbons (Fsp3) is 0.0667. The summed E-state index contributed by atoms with van der Waals surface area (Å²) in [5.41, 5.74) is -0.0807. The van der Waals surface area contributed by atoms with Gasteiger partial charge in [-0.3, -0.25) is 4.79 Å². The second kappa shape index (κ2) is 6.43. The second-order valence-corrected chi connectivity index (χ2v) is 3.84. The Labute approximate surface area is 115 Å². The van der Waals surface area contributed by atoms with Crippen LogP contribution < -0.4 is 0 Å². The quantitative estimate of drug-likeness (QED) is 0.479. The van der Waals surface area contributed by atoms with E-state index in [4.69, 9.17) is 5.26 Å². The number of rotatable bonds is 4. The van der Waals surface area contributed by atoms with Crippen LogP contribution in [0.15, 0.2) is 49.0 Å². The smallest absolute Gasteiger partial charge is 0.308 e. The first-order valence-electron chi connectivity index (χ1n) is 5.49. The van der Waals surface area contributed by atoms with Gasteiger partial charge in [0.1, 0.15) is 23.5 Å². The van der Waals surface area contributed by atoms with Crippen LogP contribution in [0.5, 0.6) is 0 Å². The van der Waals surface area contributed by atoms with Crippen LogP contribution in [0, 0.1) is 17.1 Å². The van der Waals surface area contributed by atoms with Crippen LogP contribution in [0.2, 0.25) is 0 Å². The molecule has 0 unspecified atom stereocenters. The Morgan fingerprint density at radius 2 is 2.10 bits per heavy atom. The third-order valence-corrected chi connectivity index (χ3v) is 2.29. The van der Waals surface area contributed by atoms with Crippen LogP contribution in [0.4, 0.5) is 8.78 Å². The van der Waals surface area contributed by atoms with Crippen LogP contribution in [-0.4, -0.2) is 5.97 Å². The summed E-state index contributed by atoms with van der Waals surface area (Å²) < 4.78 is 31.8. The van der Waals surface area contributed by atoms with Crippen LogP contribution in [0.3, 0.4) is 0 Å². The van der Waals surface area contributed by atoms with Crippen molar-refractivity contribution in [1.82, 2.24) is 0 Å². The van der Waals surface area contributed by atoms with Gasteiger partial charge in [-0.2, -0.15) is 5.26 Å². The molecular weight excluding hydrogens is 264 g/mol. The Bertz CT molecular complexity index is 654. The summed E-state index contributed by atoms with van der Waals surface area (Å²) in [6.07, 6.45) is 0.875. The number of hydrogen-bond donors (Lipinski definition) is 0. The van der Waals surface area contributed by atoms with Gasteiger partial charge >= 0.3 is 5.97 Å². The molecule has 0 amide bonds. The molecule has 0 spiro atoms. The molecule has 0 N–H and O–H groups in total. The summed E-state index contributed by atoms with van der Waals surface area (Å²) in [5, 5.41) is 8.60. The first-order valence-corrected chi connectivity index (χ1v) is 5.49. The maximum absolute atomic E-state index is 13.8. The third-order valence-electron chi connectivity index (χ3n) is 2.29. The predicted molar refractivity (Wildman–Crippen MR) is 70.2 cm³/mol. The van der Waals surface area contributed by atoms with Crippen molar-refractivity contribution >= 4 is 11.5 Å². The Morgan fingerprint density at radius 3 is 2.60 bits per heavy atom. The topological polar surface area (TPSA) is 50.1 Å². The SMILES string of the molecule is C=C(/C=C(/F)C(=C)c1ccc(C#N)c(F)c1)OC(C)=O. The number of halogens is 2. The summed E-state index contributed by atoms with van der Waals surface area (Å²) in [6.45, 7) is 7.97. The summed E-state index contributed by atoms with van der Waals surface area (Å²) in [4.78, 5) is 10.7. The van der Waals surface area contributed by atoms with Gasteiger partial charge in [0.25, 0.3) is 0 Å². The van der Waals surface area contributed by atoms with Gasteiger partial charge in [0.05, 0.1) is 5.56 Å². The molecule has 1 aromatic carbocycles. The van der Waals surface area contributed by atoms with Gasteiger partial charge in [0.2, 0.25) is 0 Å². The van der Waals surface area contributed by atoms with Crippen LogP contribution >= 0.6 is 0 Å². The van der Waals surface area contributed by atoms with E-state index in [-0.39, 0.29) is 22.5 Å². The molecule has 0 atom stereocenters. The lowest BCUT2D eigenvalue weighted by molar-refractivity contribution is -0.136. The molecule has 0 heterocycles. The van der Waals surface area contributed by atoms with Gasteiger partial charge in [0, 0.05) is 18.6 Å². The number of hydrogen-bond acceptors (Lipinski definition) is 3. The van der Waals surface area contributed by atoms with Crippen molar-refractivity contribution < 1.29 is 18.3 Å². The molecule has 1 rings (SSSR count). The van der Waals surface area contributed by atoms with E-state index in [1.165, 1.54) is 12.1 Å². The maximum Gasteiger partial charge on any atom is 0.308 e. The minimum atomic E-state index is -0.819. The molecule has 0 bridgehead atoms. The zero-order valence-corrected chi connectivity index (χ0v) is 10.7. The number of ether oxygens (including phenoxy) is 1. The molecule has 0 saturated carbocycles. The molecule has 0 aliphatic carbocycles. The standard InChI is InChI=1S/C15H11F2NO2/c1-9(20-11(3)19)6-14(16)10(2)12-4-5-13(8-18)15(17)7-12/h4-7H,1-2H2,3H3/b14-6+. The minimum absolute atomic E-state index is 0.110. The summed E-state index contributed by atoms with van der Waals surface area (Å²) in [7, 11) is 0. The van der Waals surface area contributed by atoms with Gasteiger partial charge < -0.3 is 4.74 Å². The number of esters is 1. The van der Waals surface area contributed by atoms with Crippen molar-refractivity contribution in [1.29, 1.82) is 5.26 Å². The van der Waals surface area contributed by atoms with E-state index in [2.05, 4.69) is 17.9 Å². The second-order valence-electron chi connectivity index (χ2n) is 3.84. The molecule has 0 aromatic heterocycles. The predicted octanol–water partition coefficient (Wildman–Crippen LogP) is 3.64. The number of allylic oxidation sites excluding steroid dienone is 3. The van der Waals surface area contributed by atoms with Crippen LogP contribution in [0.25, 0.3) is 5.57 Å². The summed E-state index contributed by atoms with van der Waals surface area (Å²) in [5.74, 6) is -2.41. The Kier molecular flexibility index (Phi) is 4.93. The largest absolute Gasteiger partial charge is 0.427 e. The summed E-state index contributed by atoms with van der Waals surface area (Å²) >= 11 is 0. The molecule has 0 aliphatic heterocycles. The minimum Gasteiger partial charge on any atom is -0.427 e. The summed E-state index contributed by atoms with van der Waals surface area (Å²) in [6, 6.07) is 5.26. The van der Waals surface area contributed by atoms with Crippen molar-refractivity contribution in [3.63, 3.8) is 0 Å². The number of carbonyl (C=O) groups is 1. The highest BCUT2D eigenvalue weighted by molar-refractivity contribution is 5.76.